The molecule has 4 heteroatoms. The van der Waals surface area contributed by atoms with Gasteiger partial charge in [-0.05, 0) is 64.7 Å². The van der Waals surface area contributed by atoms with E-state index in [9.17, 15) is 4.79 Å². The minimum Gasteiger partial charge on any atom is -0.341 e. The minimum absolute atomic E-state index is 0.0724. The Kier molecular flexibility index (Phi) is 6.97. The lowest BCUT2D eigenvalue weighted by molar-refractivity contribution is -0.137. The Balaban J connectivity index is 1.77. The minimum atomic E-state index is 0.0724. The Hall–Kier alpha value is -0.610. The average Bonchev–Trinajstić information content (AvgIpc) is 2.81. The van der Waals surface area contributed by atoms with Crippen molar-refractivity contribution in [1.82, 2.24) is 15.1 Å². The molecule has 0 aliphatic carbocycles. The first-order chi connectivity index (χ1) is 10.2. The van der Waals surface area contributed by atoms with E-state index in [1.54, 1.807) is 0 Å². The number of nitrogens with zero attached hydrogens (tertiary/aromatic N) is 2. The van der Waals surface area contributed by atoms with Crippen molar-refractivity contribution in [1.29, 1.82) is 0 Å². The fourth-order valence-corrected chi connectivity index (χ4v) is 3.60. The second-order valence-corrected chi connectivity index (χ2v) is 6.70. The molecular formula is C17H33N3O. The zero-order valence-corrected chi connectivity index (χ0v) is 13.9. The molecule has 4 nitrogen and oxygen atoms in total. The number of rotatable bonds is 5. The van der Waals surface area contributed by atoms with Crippen LogP contribution in [0, 0.1) is 5.92 Å². The van der Waals surface area contributed by atoms with Gasteiger partial charge >= 0.3 is 0 Å². The van der Waals surface area contributed by atoms with Gasteiger partial charge in [0.25, 0.3) is 0 Å². The van der Waals surface area contributed by atoms with Gasteiger partial charge in [0, 0.05) is 13.1 Å². The number of hydrogen-bond acceptors (Lipinski definition) is 3. The Morgan fingerprint density at radius 3 is 2.29 bits per heavy atom. The molecule has 0 spiro atoms. The third-order valence-corrected chi connectivity index (χ3v) is 5.15. The first-order valence-corrected chi connectivity index (χ1v) is 8.96. The largest absolute Gasteiger partial charge is 0.341 e. The van der Waals surface area contributed by atoms with E-state index in [4.69, 9.17) is 0 Å². The Labute approximate surface area is 130 Å². The van der Waals surface area contributed by atoms with Crippen molar-refractivity contribution in [3.05, 3.63) is 0 Å². The van der Waals surface area contributed by atoms with Crippen LogP contribution < -0.4 is 5.32 Å². The Morgan fingerprint density at radius 1 is 1.10 bits per heavy atom. The van der Waals surface area contributed by atoms with Gasteiger partial charge in [0.2, 0.25) is 5.91 Å². The zero-order chi connectivity index (χ0) is 15.1. The highest BCUT2D eigenvalue weighted by Gasteiger charge is 2.29. The molecule has 2 aliphatic rings. The van der Waals surface area contributed by atoms with Crippen LogP contribution in [0.3, 0.4) is 0 Å². The van der Waals surface area contributed by atoms with Crippen LogP contribution in [0.15, 0.2) is 0 Å². The molecule has 2 rings (SSSR count). The molecule has 1 amide bonds. The molecule has 0 saturated carbocycles. The first kappa shape index (κ1) is 16.8. The molecule has 1 unspecified atom stereocenters. The number of amides is 1. The fraction of sp³-hybridized carbons (Fsp3) is 0.941. The molecule has 0 bridgehead atoms. The third-order valence-electron chi connectivity index (χ3n) is 5.15. The van der Waals surface area contributed by atoms with Crippen LogP contribution in [0.2, 0.25) is 0 Å². The van der Waals surface area contributed by atoms with Gasteiger partial charge in [0.1, 0.15) is 0 Å². The van der Waals surface area contributed by atoms with Gasteiger partial charge in [-0.2, -0.15) is 0 Å². The van der Waals surface area contributed by atoms with Crippen molar-refractivity contribution >= 4 is 5.91 Å². The summed E-state index contributed by atoms with van der Waals surface area (Å²) in [5, 5.41) is 3.45. The van der Waals surface area contributed by atoms with Gasteiger partial charge in [-0.3, -0.25) is 9.69 Å². The number of piperidine rings is 1. The highest BCUT2D eigenvalue weighted by atomic mass is 16.2. The molecule has 21 heavy (non-hydrogen) atoms. The normalized spacial score (nSPS) is 23.8. The summed E-state index contributed by atoms with van der Waals surface area (Å²) >= 11 is 0. The predicted octanol–water partition coefficient (Wildman–Crippen LogP) is 2.10. The van der Waals surface area contributed by atoms with E-state index >= 15 is 0 Å². The number of likely N-dealkylation sites (tertiary alicyclic amines) is 2. The maximum absolute atomic E-state index is 12.7. The third kappa shape index (κ3) is 4.96. The second kappa shape index (κ2) is 8.74. The number of carbonyl (C=O) groups excluding carboxylic acids is 1. The summed E-state index contributed by atoms with van der Waals surface area (Å²) in [6.07, 6.45) is 7.39. The van der Waals surface area contributed by atoms with Crippen molar-refractivity contribution in [2.24, 2.45) is 5.92 Å². The van der Waals surface area contributed by atoms with Gasteiger partial charge in [0.05, 0.1) is 6.04 Å². The summed E-state index contributed by atoms with van der Waals surface area (Å²) in [4.78, 5) is 17.2. The van der Waals surface area contributed by atoms with Gasteiger partial charge < -0.3 is 10.2 Å². The van der Waals surface area contributed by atoms with E-state index in [1.807, 2.05) is 0 Å². The van der Waals surface area contributed by atoms with Crippen LogP contribution in [0.4, 0.5) is 0 Å². The Morgan fingerprint density at radius 2 is 1.71 bits per heavy atom. The number of nitrogens with one attached hydrogen (secondary N) is 1. The highest BCUT2D eigenvalue weighted by molar-refractivity contribution is 5.81. The molecule has 0 aromatic rings. The summed E-state index contributed by atoms with van der Waals surface area (Å²) in [6, 6.07) is 0.0724. The van der Waals surface area contributed by atoms with Gasteiger partial charge in [0.15, 0.2) is 0 Å². The van der Waals surface area contributed by atoms with E-state index in [-0.39, 0.29) is 6.04 Å². The van der Waals surface area contributed by atoms with E-state index < -0.39 is 0 Å². The summed E-state index contributed by atoms with van der Waals surface area (Å²) < 4.78 is 0. The summed E-state index contributed by atoms with van der Waals surface area (Å²) in [6.45, 7) is 10.6. The monoisotopic (exact) mass is 295 g/mol. The van der Waals surface area contributed by atoms with E-state index in [0.717, 1.165) is 45.2 Å². The molecule has 1 N–H and O–H groups in total. The number of hydrogen-bond donors (Lipinski definition) is 1. The quantitative estimate of drug-likeness (QED) is 0.844. The predicted molar refractivity (Wildman–Crippen MR) is 87.4 cm³/mol. The molecular weight excluding hydrogens is 262 g/mol. The smallest absolute Gasteiger partial charge is 0.239 e. The summed E-state index contributed by atoms with van der Waals surface area (Å²) in [5.41, 5.74) is 0. The van der Waals surface area contributed by atoms with Crippen LogP contribution in [-0.4, -0.2) is 61.0 Å². The van der Waals surface area contributed by atoms with Crippen molar-refractivity contribution in [2.75, 3.05) is 39.3 Å². The van der Waals surface area contributed by atoms with Crippen LogP contribution in [0.1, 0.15) is 52.4 Å². The van der Waals surface area contributed by atoms with E-state index in [2.05, 4.69) is 29.0 Å². The zero-order valence-electron chi connectivity index (χ0n) is 13.9. The molecule has 1 atom stereocenters. The molecule has 0 radical (unpaired) electrons. The lowest BCUT2D eigenvalue weighted by Crippen LogP contribution is -2.50. The topological polar surface area (TPSA) is 35.6 Å². The molecule has 2 saturated heterocycles. The lowest BCUT2D eigenvalue weighted by Gasteiger charge is -2.37. The summed E-state index contributed by atoms with van der Waals surface area (Å²) in [5.74, 6) is 1.16. The maximum Gasteiger partial charge on any atom is 0.239 e. The lowest BCUT2D eigenvalue weighted by atomic mass is 9.95. The standard InChI is InChI=1S/C17H33N3O/c1-3-18-14-16-8-12-19(13-9-16)15(2)17(21)20-10-6-4-5-7-11-20/h15-16,18H,3-14H2,1-2H3. The van der Waals surface area contributed by atoms with E-state index in [0.29, 0.717) is 5.91 Å². The molecule has 2 aliphatic heterocycles. The first-order valence-electron chi connectivity index (χ1n) is 8.96. The summed E-state index contributed by atoms with van der Waals surface area (Å²) in [7, 11) is 0. The van der Waals surface area contributed by atoms with Crippen molar-refractivity contribution < 1.29 is 4.79 Å². The van der Waals surface area contributed by atoms with Gasteiger partial charge in [-0.1, -0.05) is 19.8 Å². The molecule has 0 aromatic heterocycles. The van der Waals surface area contributed by atoms with Gasteiger partial charge in [-0.25, -0.2) is 0 Å². The van der Waals surface area contributed by atoms with Crippen molar-refractivity contribution in [3.63, 3.8) is 0 Å². The highest BCUT2D eigenvalue weighted by Crippen LogP contribution is 2.20. The van der Waals surface area contributed by atoms with Gasteiger partial charge in [-0.15, -0.1) is 0 Å². The Bertz CT molecular complexity index is 305. The van der Waals surface area contributed by atoms with Crippen LogP contribution in [0.5, 0.6) is 0 Å². The number of carbonyl (C=O) groups is 1. The maximum atomic E-state index is 12.7. The molecule has 122 valence electrons. The SMILES string of the molecule is CCNCC1CCN(C(C)C(=O)N2CCCCCC2)CC1. The van der Waals surface area contributed by atoms with Crippen molar-refractivity contribution in [2.45, 2.75) is 58.4 Å². The van der Waals surface area contributed by atoms with Crippen LogP contribution in [-0.2, 0) is 4.79 Å². The van der Waals surface area contributed by atoms with E-state index in [1.165, 1.54) is 38.5 Å². The van der Waals surface area contributed by atoms with Crippen LogP contribution >= 0.6 is 0 Å². The molecule has 0 aromatic carbocycles. The molecule has 2 fully saturated rings. The second-order valence-electron chi connectivity index (χ2n) is 6.70. The average molecular weight is 295 g/mol. The fourth-order valence-electron chi connectivity index (χ4n) is 3.60. The molecule has 2 heterocycles. The van der Waals surface area contributed by atoms with Crippen molar-refractivity contribution in [3.8, 4) is 0 Å². The van der Waals surface area contributed by atoms with Crippen LogP contribution in [0.25, 0.3) is 0 Å².